The van der Waals surface area contributed by atoms with E-state index in [0.717, 1.165) is 6.42 Å². The number of fused-ring (bicyclic) bond motifs is 5. The zero-order chi connectivity index (χ0) is 21.0. The Morgan fingerprint density at radius 3 is 2.30 bits per heavy atom. The van der Waals surface area contributed by atoms with Crippen molar-refractivity contribution < 1.29 is 22.8 Å². The Morgan fingerprint density at radius 1 is 1.10 bits per heavy atom. The van der Waals surface area contributed by atoms with Crippen molar-refractivity contribution >= 4 is 41.8 Å². The van der Waals surface area contributed by atoms with Crippen molar-refractivity contribution in [3.63, 3.8) is 0 Å². The molecule has 4 unspecified atom stereocenters. The average Bonchev–Trinajstić information content (AvgIpc) is 3.32. The molecular formula is C20H30F3IN4O2. The van der Waals surface area contributed by atoms with Crippen molar-refractivity contribution in [2.75, 3.05) is 26.2 Å². The molecule has 170 valence electrons. The quantitative estimate of drug-likeness (QED) is 0.117. The molecule has 0 aromatic rings. The van der Waals surface area contributed by atoms with Gasteiger partial charge in [-0.25, -0.2) is 0 Å². The number of hydrogen-bond acceptors (Lipinski definition) is 3. The van der Waals surface area contributed by atoms with Crippen molar-refractivity contribution in [3.05, 3.63) is 12.2 Å². The Morgan fingerprint density at radius 2 is 1.73 bits per heavy atom. The maximum atomic E-state index is 12.6. The number of aliphatic imine (C=N–C) groups is 1. The number of rotatable bonds is 9. The molecule has 3 aliphatic rings. The number of allylic oxidation sites excluding steroid dienone is 2. The summed E-state index contributed by atoms with van der Waals surface area (Å²) in [5, 5.41) is 6.07. The van der Waals surface area contributed by atoms with Gasteiger partial charge in [-0.15, -0.1) is 24.0 Å². The summed E-state index contributed by atoms with van der Waals surface area (Å²) in [7, 11) is 0. The molecule has 2 bridgehead atoms. The minimum absolute atomic E-state index is 0. The average molecular weight is 542 g/mol. The molecular weight excluding hydrogens is 512 g/mol. The van der Waals surface area contributed by atoms with Crippen LogP contribution in [0.2, 0.25) is 0 Å². The first kappa shape index (κ1) is 24.9. The first-order valence-electron chi connectivity index (χ1n) is 10.4. The van der Waals surface area contributed by atoms with E-state index in [1.165, 1.54) is 4.90 Å². The summed E-state index contributed by atoms with van der Waals surface area (Å²) in [6, 6.07) is 0. The molecule has 10 heteroatoms. The molecule has 0 aromatic carbocycles. The molecule has 6 nitrogen and oxygen atoms in total. The lowest BCUT2D eigenvalue weighted by molar-refractivity contribution is -0.141. The highest BCUT2D eigenvalue weighted by Crippen LogP contribution is 2.52. The van der Waals surface area contributed by atoms with Gasteiger partial charge in [-0.1, -0.05) is 12.2 Å². The third-order valence-electron chi connectivity index (χ3n) is 5.90. The lowest BCUT2D eigenvalue weighted by Crippen LogP contribution is -2.38. The van der Waals surface area contributed by atoms with Crippen molar-refractivity contribution in [1.29, 1.82) is 0 Å². The van der Waals surface area contributed by atoms with E-state index >= 15 is 0 Å². The number of alkyl halides is 3. The fourth-order valence-electron chi connectivity index (χ4n) is 4.60. The number of hydrogen-bond donors (Lipinski definition) is 2. The molecule has 4 atom stereocenters. The molecule has 1 heterocycles. The smallest absolute Gasteiger partial charge is 0.357 e. The van der Waals surface area contributed by atoms with Crippen LogP contribution in [0.25, 0.3) is 0 Å². The van der Waals surface area contributed by atoms with Crippen molar-refractivity contribution in [2.45, 2.75) is 45.2 Å². The second-order valence-electron chi connectivity index (χ2n) is 7.94. The number of unbranched alkanes of at least 4 members (excludes halogenated alkanes) is 1. The van der Waals surface area contributed by atoms with E-state index < -0.39 is 12.6 Å². The van der Waals surface area contributed by atoms with Crippen LogP contribution in [0.15, 0.2) is 17.1 Å². The summed E-state index contributed by atoms with van der Waals surface area (Å²) in [5.74, 6) is 0.537. The van der Waals surface area contributed by atoms with Crippen LogP contribution < -0.4 is 10.6 Å². The highest BCUT2D eigenvalue weighted by atomic mass is 127. The second-order valence-corrected chi connectivity index (χ2v) is 7.94. The van der Waals surface area contributed by atoms with E-state index in [1.807, 2.05) is 6.92 Å². The Kier molecular flexibility index (Phi) is 8.98. The number of carbonyl (C=O) groups excluding carboxylic acids is 2. The van der Waals surface area contributed by atoms with Crippen molar-refractivity contribution in [3.8, 4) is 0 Å². The van der Waals surface area contributed by atoms with E-state index in [0.29, 0.717) is 45.0 Å². The van der Waals surface area contributed by atoms with Gasteiger partial charge in [-0.3, -0.25) is 19.5 Å². The number of amides is 2. The van der Waals surface area contributed by atoms with Gasteiger partial charge in [0.1, 0.15) is 0 Å². The van der Waals surface area contributed by atoms with Crippen LogP contribution >= 0.6 is 24.0 Å². The van der Waals surface area contributed by atoms with E-state index in [1.54, 1.807) is 0 Å². The molecule has 0 spiro atoms. The van der Waals surface area contributed by atoms with E-state index in [-0.39, 0.29) is 65.9 Å². The highest BCUT2D eigenvalue weighted by molar-refractivity contribution is 14.0. The van der Waals surface area contributed by atoms with Crippen LogP contribution in [0.3, 0.4) is 0 Å². The van der Waals surface area contributed by atoms with Gasteiger partial charge in [-0.05, 0) is 44.4 Å². The summed E-state index contributed by atoms with van der Waals surface area (Å²) in [5.41, 5.74) is 0. The van der Waals surface area contributed by atoms with Crippen molar-refractivity contribution in [2.24, 2.45) is 28.7 Å². The number of imide groups is 1. The van der Waals surface area contributed by atoms with Crippen LogP contribution in [-0.2, 0) is 9.59 Å². The van der Waals surface area contributed by atoms with Gasteiger partial charge < -0.3 is 10.6 Å². The van der Waals surface area contributed by atoms with Crippen LogP contribution in [0, 0.1) is 23.7 Å². The lowest BCUT2D eigenvalue weighted by Gasteiger charge is -2.17. The molecule has 2 N–H and O–H groups in total. The lowest BCUT2D eigenvalue weighted by atomic mass is 9.85. The topological polar surface area (TPSA) is 73.8 Å². The number of nitrogens with one attached hydrogen (secondary N) is 2. The second kappa shape index (κ2) is 10.8. The van der Waals surface area contributed by atoms with Gasteiger partial charge in [0, 0.05) is 32.6 Å². The summed E-state index contributed by atoms with van der Waals surface area (Å²) < 4.78 is 36.5. The van der Waals surface area contributed by atoms with Crippen LogP contribution in [-0.4, -0.2) is 55.0 Å². The first-order chi connectivity index (χ1) is 13.8. The van der Waals surface area contributed by atoms with Gasteiger partial charge >= 0.3 is 6.18 Å². The van der Waals surface area contributed by atoms with Gasteiger partial charge in [-0.2, -0.15) is 13.2 Å². The predicted octanol–water partition coefficient (Wildman–Crippen LogP) is 3.09. The minimum atomic E-state index is -4.11. The SMILES string of the molecule is CCNC(=NCCCN1C(=O)C2C3C=CC(C3)C2C1=O)NCCCCC(F)(F)F.I. The number of nitrogens with zero attached hydrogens (tertiary/aromatic N) is 2. The molecule has 0 aromatic heterocycles. The fraction of sp³-hybridized carbons (Fsp3) is 0.750. The maximum Gasteiger partial charge on any atom is 0.389 e. The Bertz CT molecular complexity index is 653. The van der Waals surface area contributed by atoms with Crippen LogP contribution in [0.5, 0.6) is 0 Å². The van der Waals surface area contributed by atoms with Gasteiger partial charge in [0.05, 0.1) is 11.8 Å². The van der Waals surface area contributed by atoms with Gasteiger partial charge in [0.15, 0.2) is 5.96 Å². The minimum Gasteiger partial charge on any atom is -0.357 e. The number of likely N-dealkylation sites (tertiary alicyclic amines) is 1. The Hall–Kier alpha value is -1.33. The normalized spacial score (nSPS) is 27.5. The van der Waals surface area contributed by atoms with Crippen LogP contribution in [0.4, 0.5) is 13.2 Å². The fourth-order valence-corrected chi connectivity index (χ4v) is 4.60. The van der Waals surface area contributed by atoms with E-state index in [4.69, 9.17) is 0 Å². The van der Waals surface area contributed by atoms with Crippen molar-refractivity contribution in [1.82, 2.24) is 15.5 Å². The van der Waals surface area contributed by atoms with Crippen LogP contribution in [0.1, 0.15) is 39.0 Å². The van der Waals surface area contributed by atoms with E-state index in [9.17, 15) is 22.8 Å². The number of carbonyl (C=O) groups is 2. The maximum absolute atomic E-state index is 12.6. The number of guanidine groups is 1. The molecule has 1 aliphatic heterocycles. The third-order valence-corrected chi connectivity index (χ3v) is 5.90. The Labute approximate surface area is 192 Å². The zero-order valence-corrected chi connectivity index (χ0v) is 19.4. The molecule has 2 amide bonds. The molecule has 1 saturated heterocycles. The summed E-state index contributed by atoms with van der Waals surface area (Å²) in [6.45, 7) is 3.73. The summed E-state index contributed by atoms with van der Waals surface area (Å²) in [4.78, 5) is 31.0. The highest BCUT2D eigenvalue weighted by Gasteiger charge is 2.58. The first-order valence-corrected chi connectivity index (χ1v) is 10.4. The molecule has 1 saturated carbocycles. The molecule has 2 aliphatic carbocycles. The summed E-state index contributed by atoms with van der Waals surface area (Å²) >= 11 is 0. The zero-order valence-electron chi connectivity index (χ0n) is 17.1. The standard InChI is InChI=1S/C20H29F3N4O2.HI/c1-2-24-19(25-9-4-3-8-20(21,22)23)26-10-5-11-27-17(28)15-13-6-7-14(12-13)16(15)18(27)29;/h6-7,13-16H,2-5,8-12H2,1H3,(H2,24,25,26);1H. The van der Waals surface area contributed by atoms with Gasteiger partial charge in [0.25, 0.3) is 0 Å². The predicted molar refractivity (Wildman–Crippen MR) is 118 cm³/mol. The molecule has 2 fully saturated rings. The molecule has 30 heavy (non-hydrogen) atoms. The monoisotopic (exact) mass is 542 g/mol. The van der Waals surface area contributed by atoms with E-state index in [2.05, 4.69) is 27.8 Å². The molecule has 3 rings (SSSR count). The summed E-state index contributed by atoms with van der Waals surface area (Å²) in [6.07, 6.45) is 1.22. The third kappa shape index (κ3) is 5.88. The number of halogens is 4. The van der Waals surface area contributed by atoms with Gasteiger partial charge in [0.2, 0.25) is 11.8 Å². The Balaban J connectivity index is 0.00000320. The molecule has 0 radical (unpaired) electrons. The largest absolute Gasteiger partial charge is 0.389 e.